The van der Waals surface area contributed by atoms with Gasteiger partial charge in [0.15, 0.2) is 0 Å². The number of carbonyl (C=O) groups is 1. The van der Waals surface area contributed by atoms with Crippen LogP contribution in [0.3, 0.4) is 0 Å². The topological polar surface area (TPSA) is 50.1 Å². The number of nitrogens with zero attached hydrogens (tertiary/aromatic N) is 1. The molecule has 1 rings (SSSR count). The van der Waals surface area contributed by atoms with E-state index in [4.69, 9.17) is 10.00 Å². The van der Waals surface area contributed by atoms with Crippen LogP contribution in [0.2, 0.25) is 0 Å². The van der Waals surface area contributed by atoms with E-state index in [1.165, 1.54) is 12.1 Å². The van der Waals surface area contributed by atoms with Crippen molar-refractivity contribution >= 4 is 21.9 Å². The van der Waals surface area contributed by atoms with E-state index in [0.717, 1.165) is 0 Å². The number of rotatable bonds is 3. The third-order valence-electron chi connectivity index (χ3n) is 1.92. The first-order valence-corrected chi connectivity index (χ1v) is 5.42. The molecule has 0 atom stereocenters. The van der Waals surface area contributed by atoms with Crippen LogP contribution in [0, 0.1) is 17.1 Å². The summed E-state index contributed by atoms with van der Waals surface area (Å²) in [5.41, 5.74) is 0.0694. The summed E-state index contributed by atoms with van der Waals surface area (Å²) in [6.45, 7) is 1.93. The Kier molecular flexibility index (Phi) is 4.44. The Hall–Kier alpha value is -1.41. The van der Waals surface area contributed by atoms with Gasteiger partial charge in [0.1, 0.15) is 17.4 Å². The maximum absolute atomic E-state index is 13.7. The van der Waals surface area contributed by atoms with Gasteiger partial charge < -0.3 is 4.74 Å². The Morgan fingerprint density at radius 1 is 1.62 bits per heavy atom. The molecule has 0 radical (unpaired) electrons. The molecule has 0 aliphatic rings. The lowest BCUT2D eigenvalue weighted by molar-refractivity contribution is -0.142. The number of nitriles is 1. The van der Waals surface area contributed by atoms with Crippen molar-refractivity contribution in [2.24, 2.45) is 0 Å². The molecule has 0 aliphatic carbocycles. The summed E-state index contributed by atoms with van der Waals surface area (Å²) >= 11 is 3.06. The zero-order valence-corrected chi connectivity index (χ0v) is 10.2. The molecule has 0 N–H and O–H groups in total. The molecule has 0 saturated carbocycles. The van der Waals surface area contributed by atoms with E-state index in [1.807, 2.05) is 0 Å². The lowest BCUT2D eigenvalue weighted by atomic mass is 10.1. The van der Waals surface area contributed by atoms with Crippen molar-refractivity contribution in [1.29, 1.82) is 5.26 Å². The molecule has 0 aliphatic heterocycles. The van der Waals surface area contributed by atoms with E-state index < -0.39 is 11.8 Å². The Labute approximate surface area is 101 Å². The minimum atomic E-state index is -0.676. The van der Waals surface area contributed by atoms with E-state index in [-0.39, 0.29) is 24.2 Å². The monoisotopic (exact) mass is 285 g/mol. The quantitative estimate of drug-likeness (QED) is 0.802. The molecule has 0 unspecified atom stereocenters. The summed E-state index contributed by atoms with van der Waals surface area (Å²) in [7, 11) is 0. The Morgan fingerprint density at radius 3 is 2.88 bits per heavy atom. The zero-order valence-electron chi connectivity index (χ0n) is 8.59. The molecule has 16 heavy (non-hydrogen) atoms. The lowest BCUT2D eigenvalue weighted by Crippen LogP contribution is -2.09. The third-order valence-corrected chi connectivity index (χ3v) is 2.58. The van der Waals surface area contributed by atoms with E-state index in [2.05, 4.69) is 15.9 Å². The van der Waals surface area contributed by atoms with Crippen LogP contribution in [-0.4, -0.2) is 12.6 Å². The van der Waals surface area contributed by atoms with Crippen LogP contribution in [0.1, 0.15) is 18.1 Å². The summed E-state index contributed by atoms with van der Waals surface area (Å²) < 4.78 is 18.8. The van der Waals surface area contributed by atoms with Crippen LogP contribution in [0.5, 0.6) is 0 Å². The summed E-state index contributed by atoms with van der Waals surface area (Å²) in [4.78, 5) is 11.2. The van der Waals surface area contributed by atoms with E-state index >= 15 is 0 Å². The fourth-order valence-electron chi connectivity index (χ4n) is 1.20. The van der Waals surface area contributed by atoms with Crippen LogP contribution in [0.15, 0.2) is 16.6 Å². The highest BCUT2D eigenvalue weighted by molar-refractivity contribution is 9.10. The number of ether oxygens (including phenoxy) is 1. The molecule has 1 aromatic carbocycles. The van der Waals surface area contributed by atoms with Crippen molar-refractivity contribution in [2.45, 2.75) is 13.3 Å². The van der Waals surface area contributed by atoms with Gasteiger partial charge in [0.05, 0.1) is 13.0 Å². The maximum atomic E-state index is 13.7. The summed E-state index contributed by atoms with van der Waals surface area (Å²) in [6, 6.07) is 4.73. The highest BCUT2D eigenvalue weighted by Crippen LogP contribution is 2.22. The molecule has 0 saturated heterocycles. The van der Waals surface area contributed by atoms with Gasteiger partial charge in [-0.05, 0) is 28.9 Å². The van der Waals surface area contributed by atoms with Gasteiger partial charge in [0.25, 0.3) is 0 Å². The van der Waals surface area contributed by atoms with Gasteiger partial charge in [-0.25, -0.2) is 4.39 Å². The second-order valence-electron chi connectivity index (χ2n) is 2.99. The maximum Gasteiger partial charge on any atom is 0.310 e. The summed E-state index contributed by atoms with van der Waals surface area (Å²) in [5, 5.41) is 8.73. The van der Waals surface area contributed by atoms with Crippen molar-refractivity contribution in [2.75, 3.05) is 6.61 Å². The van der Waals surface area contributed by atoms with Gasteiger partial charge in [0.2, 0.25) is 0 Å². The number of benzene rings is 1. The van der Waals surface area contributed by atoms with Gasteiger partial charge >= 0.3 is 5.97 Å². The van der Waals surface area contributed by atoms with Gasteiger partial charge in [-0.2, -0.15) is 5.26 Å². The summed E-state index contributed by atoms with van der Waals surface area (Å²) in [6.07, 6.45) is -0.165. The predicted molar refractivity (Wildman–Crippen MR) is 59.2 cm³/mol. The Bertz CT molecular complexity index is 454. The van der Waals surface area contributed by atoms with Crippen molar-refractivity contribution in [3.63, 3.8) is 0 Å². The minimum absolute atomic E-state index is 0.0956. The van der Waals surface area contributed by atoms with Gasteiger partial charge in [-0.3, -0.25) is 4.79 Å². The molecular weight excluding hydrogens is 277 g/mol. The lowest BCUT2D eigenvalue weighted by Gasteiger charge is -2.05. The van der Waals surface area contributed by atoms with Crippen molar-refractivity contribution in [3.05, 3.63) is 33.5 Å². The molecule has 1 aromatic rings. The predicted octanol–water partition coefficient (Wildman–Crippen LogP) is 2.57. The van der Waals surface area contributed by atoms with Gasteiger partial charge in [0, 0.05) is 10.0 Å². The average molecular weight is 286 g/mol. The number of hydrogen-bond donors (Lipinski definition) is 0. The van der Waals surface area contributed by atoms with Crippen molar-refractivity contribution in [1.82, 2.24) is 0 Å². The highest BCUT2D eigenvalue weighted by Gasteiger charge is 2.14. The molecule has 0 bridgehead atoms. The highest BCUT2D eigenvalue weighted by atomic mass is 79.9. The molecule has 3 nitrogen and oxygen atoms in total. The molecule has 0 fully saturated rings. The molecule has 0 amide bonds. The largest absolute Gasteiger partial charge is 0.466 e. The molecule has 0 aromatic heterocycles. The second-order valence-corrected chi connectivity index (χ2v) is 3.84. The molecule has 0 heterocycles. The van der Waals surface area contributed by atoms with Crippen LogP contribution >= 0.6 is 15.9 Å². The summed E-state index contributed by atoms with van der Waals surface area (Å²) in [5.74, 6) is -1.18. The first kappa shape index (κ1) is 12.7. The van der Waals surface area contributed by atoms with Crippen LogP contribution in [0.25, 0.3) is 0 Å². The fraction of sp³-hybridized carbons (Fsp3) is 0.273. The van der Waals surface area contributed by atoms with Crippen molar-refractivity contribution < 1.29 is 13.9 Å². The molecule has 84 valence electrons. The number of carbonyl (C=O) groups excluding carboxylic acids is 1. The molecular formula is C11H9BrFNO2. The smallest absolute Gasteiger partial charge is 0.310 e. The standard InChI is InChI=1S/C11H9BrFNO2/c1-2-16-10(15)5-7-3-4-9(12)8(6-14)11(7)13/h3-4H,2,5H2,1H3. The van der Waals surface area contributed by atoms with Crippen LogP contribution in [0.4, 0.5) is 4.39 Å². The molecule has 0 spiro atoms. The van der Waals surface area contributed by atoms with E-state index in [1.54, 1.807) is 13.0 Å². The first-order valence-electron chi connectivity index (χ1n) is 4.62. The van der Waals surface area contributed by atoms with Gasteiger partial charge in [-0.15, -0.1) is 0 Å². The SMILES string of the molecule is CCOC(=O)Cc1ccc(Br)c(C#N)c1F. The van der Waals surface area contributed by atoms with Gasteiger partial charge in [-0.1, -0.05) is 6.07 Å². The zero-order chi connectivity index (χ0) is 12.1. The van der Waals surface area contributed by atoms with E-state index in [9.17, 15) is 9.18 Å². The fourth-order valence-corrected chi connectivity index (χ4v) is 1.60. The van der Waals surface area contributed by atoms with Crippen LogP contribution in [-0.2, 0) is 16.0 Å². The number of hydrogen-bond acceptors (Lipinski definition) is 3. The molecule has 5 heteroatoms. The minimum Gasteiger partial charge on any atom is -0.466 e. The normalized spacial score (nSPS) is 9.62. The second kappa shape index (κ2) is 5.61. The Morgan fingerprint density at radius 2 is 2.31 bits per heavy atom. The average Bonchev–Trinajstić information content (AvgIpc) is 2.23. The van der Waals surface area contributed by atoms with E-state index in [0.29, 0.717) is 4.47 Å². The number of halogens is 2. The van der Waals surface area contributed by atoms with Crippen LogP contribution < -0.4 is 0 Å². The Balaban J connectivity index is 2.99. The third kappa shape index (κ3) is 2.80. The number of esters is 1. The van der Waals surface area contributed by atoms with Crippen molar-refractivity contribution in [3.8, 4) is 6.07 Å². The first-order chi connectivity index (χ1) is 7.60.